The van der Waals surface area contributed by atoms with E-state index in [4.69, 9.17) is 9.26 Å². The molecule has 0 spiro atoms. The Balaban J connectivity index is 1.84. The molecule has 0 aromatic carbocycles. The van der Waals surface area contributed by atoms with Crippen molar-refractivity contribution in [1.29, 1.82) is 0 Å². The largest absolute Gasteiger partial charge is 0.369 e. The van der Waals surface area contributed by atoms with Crippen molar-refractivity contribution in [3.63, 3.8) is 0 Å². The Bertz CT molecular complexity index is 714. The van der Waals surface area contributed by atoms with Gasteiger partial charge in [0.1, 0.15) is 5.76 Å². The van der Waals surface area contributed by atoms with E-state index in [2.05, 4.69) is 15.4 Å². The summed E-state index contributed by atoms with van der Waals surface area (Å²) in [5, 5.41) is 11.1. The molecule has 0 unspecified atom stereocenters. The van der Waals surface area contributed by atoms with E-state index in [1.807, 2.05) is 27.7 Å². The summed E-state index contributed by atoms with van der Waals surface area (Å²) in [6, 6.07) is 0. The van der Waals surface area contributed by atoms with E-state index in [9.17, 15) is 4.79 Å². The fourth-order valence-electron chi connectivity index (χ4n) is 3.07. The van der Waals surface area contributed by atoms with Gasteiger partial charge in [-0.1, -0.05) is 5.16 Å². The van der Waals surface area contributed by atoms with Crippen molar-refractivity contribution in [3.05, 3.63) is 34.0 Å². The second kappa shape index (κ2) is 5.81. The smallest absolute Gasteiger partial charge is 0.274 e. The first kappa shape index (κ1) is 15.7. The van der Waals surface area contributed by atoms with Crippen molar-refractivity contribution in [3.8, 4) is 0 Å². The van der Waals surface area contributed by atoms with Crippen LogP contribution < -0.4 is 0 Å². The van der Waals surface area contributed by atoms with Gasteiger partial charge in [0.2, 0.25) is 0 Å². The molecule has 1 N–H and O–H groups in total. The van der Waals surface area contributed by atoms with Gasteiger partial charge in [0.15, 0.2) is 5.69 Å². The lowest BCUT2D eigenvalue weighted by atomic mass is 9.99. The number of aromatic nitrogens is 3. The van der Waals surface area contributed by atoms with E-state index in [1.54, 1.807) is 11.9 Å². The predicted octanol–water partition coefficient (Wildman–Crippen LogP) is 2.31. The van der Waals surface area contributed by atoms with E-state index in [0.29, 0.717) is 18.7 Å². The molecule has 2 aromatic heterocycles. The second-order valence-corrected chi connectivity index (χ2v) is 6.22. The molecule has 2 atom stereocenters. The molecule has 0 bridgehead atoms. The number of carbonyl (C=O) groups is 1. The maximum Gasteiger partial charge on any atom is 0.274 e. The van der Waals surface area contributed by atoms with Crippen molar-refractivity contribution in [2.45, 2.75) is 52.9 Å². The summed E-state index contributed by atoms with van der Waals surface area (Å²) in [5.41, 5.74) is 4.09. The standard InChI is InChI=1S/C16H22N4O3/c1-8-6-12-14(11(4)22-8)17-18-15(12)16(21)20(5)7-13-9(2)19-23-10(13)3/h8,11H,6-7H2,1-5H3,(H,17,18)/t8-,11+/m1/s1. The molecular weight excluding hydrogens is 296 g/mol. The van der Waals surface area contributed by atoms with Crippen LogP contribution in [0.4, 0.5) is 0 Å². The van der Waals surface area contributed by atoms with Crippen LogP contribution in [0.1, 0.15) is 58.7 Å². The van der Waals surface area contributed by atoms with Gasteiger partial charge >= 0.3 is 0 Å². The van der Waals surface area contributed by atoms with Crippen LogP contribution in [-0.2, 0) is 17.7 Å². The molecule has 0 aliphatic carbocycles. The molecule has 3 rings (SSSR count). The summed E-state index contributed by atoms with van der Waals surface area (Å²) in [5.74, 6) is 0.630. The number of H-pyrrole nitrogens is 1. The molecule has 0 saturated heterocycles. The minimum Gasteiger partial charge on any atom is -0.369 e. The van der Waals surface area contributed by atoms with Gasteiger partial charge in [0.05, 0.1) is 30.1 Å². The van der Waals surface area contributed by atoms with Gasteiger partial charge < -0.3 is 14.2 Å². The molecule has 23 heavy (non-hydrogen) atoms. The van der Waals surface area contributed by atoms with Crippen LogP contribution >= 0.6 is 0 Å². The molecule has 1 aliphatic rings. The highest BCUT2D eigenvalue weighted by Gasteiger charge is 2.31. The van der Waals surface area contributed by atoms with Crippen LogP contribution in [0.3, 0.4) is 0 Å². The van der Waals surface area contributed by atoms with Gasteiger partial charge in [0.25, 0.3) is 5.91 Å². The molecular formula is C16H22N4O3. The predicted molar refractivity (Wildman–Crippen MR) is 83.0 cm³/mol. The highest BCUT2D eigenvalue weighted by Crippen LogP contribution is 2.30. The Labute approximate surface area is 135 Å². The Hall–Kier alpha value is -2.15. The minimum absolute atomic E-state index is 0.0735. The lowest BCUT2D eigenvalue weighted by Crippen LogP contribution is -2.29. The number of hydrogen-bond donors (Lipinski definition) is 1. The number of fused-ring (bicyclic) bond motifs is 1. The topological polar surface area (TPSA) is 84.3 Å². The molecule has 7 heteroatoms. The van der Waals surface area contributed by atoms with Crippen molar-refractivity contribution >= 4 is 5.91 Å². The van der Waals surface area contributed by atoms with Crippen LogP contribution in [0.25, 0.3) is 0 Å². The molecule has 0 fully saturated rings. The minimum atomic E-state index is -0.108. The van der Waals surface area contributed by atoms with E-state index < -0.39 is 0 Å². The Morgan fingerprint density at radius 2 is 2.13 bits per heavy atom. The fraction of sp³-hybridized carbons (Fsp3) is 0.562. The molecule has 3 heterocycles. The zero-order chi connectivity index (χ0) is 16.7. The van der Waals surface area contributed by atoms with Crippen LogP contribution in [0.15, 0.2) is 4.52 Å². The van der Waals surface area contributed by atoms with E-state index in [-0.39, 0.29) is 18.1 Å². The molecule has 124 valence electrons. The third kappa shape index (κ3) is 2.76. The number of nitrogens with one attached hydrogen (secondary N) is 1. The number of aromatic amines is 1. The lowest BCUT2D eigenvalue weighted by Gasteiger charge is -2.25. The SMILES string of the molecule is Cc1noc(C)c1CN(C)C(=O)c1n[nH]c2c1C[C@@H](C)O[C@H]2C. The average molecular weight is 318 g/mol. The summed E-state index contributed by atoms with van der Waals surface area (Å²) in [7, 11) is 1.77. The van der Waals surface area contributed by atoms with Gasteiger partial charge in [0, 0.05) is 24.6 Å². The van der Waals surface area contributed by atoms with Crippen LogP contribution in [0.2, 0.25) is 0 Å². The summed E-state index contributed by atoms with van der Waals surface area (Å²) in [6.45, 7) is 8.15. The number of hydrogen-bond acceptors (Lipinski definition) is 5. The first-order chi connectivity index (χ1) is 10.9. The van der Waals surface area contributed by atoms with Crippen molar-refractivity contribution in [1.82, 2.24) is 20.3 Å². The normalized spacial score (nSPS) is 20.4. The van der Waals surface area contributed by atoms with Gasteiger partial charge in [-0.25, -0.2) is 0 Å². The van der Waals surface area contributed by atoms with Gasteiger partial charge in [-0.15, -0.1) is 0 Å². The molecule has 0 saturated carbocycles. The van der Waals surface area contributed by atoms with Crippen LogP contribution in [0, 0.1) is 13.8 Å². The summed E-state index contributed by atoms with van der Waals surface area (Å²) >= 11 is 0. The Morgan fingerprint density at radius 3 is 2.78 bits per heavy atom. The number of ether oxygens (including phenoxy) is 1. The molecule has 2 aromatic rings. The quantitative estimate of drug-likeness (QED) is 0.938. The highest BCUT2D eigenvalue weighted by molar-refractivity contribution is 5.94. The zero-order valence-electron chi connectivity index (χ0n) is 14.1. The van der Waals surface area contributed by atoms with Crippen LogP contribution in [0.5, 0.6) is 0 Å². The van der Waals surface area contributed by atoms with E-state index in [0.717, 1.165) is 28.3 Å². The van der Waals surface area contributed by atoms with Crippen LogP contribution in [-0.4, -0.2) is 39.3 Å². The second-order valence-electron chi connectivity index (χ2n) is 6.22. The maximum atomic E-state index is 12.8. The zero-order valence-corrected chi connectivity index (χ0v) is 14.1. The van der Waals surface area contributed by atoms with Gasteiger partial charge in [-0.3, -0.25) is 9.89 Å². The lowest BCUT2D eigenvalue weighted by molar-refractivity contribution is -0.00701. The third-order valence-corrected chi connectivity index (χ3v) is 4.36. The first-order valence-corrected chi connectivity index (χ1v) is 7.78. The molecule has 1 amide bonds. The molecule has 7 nitrogen and oxygen atoms in total. The third-order valence-electron chi connectivity index (χ3n) is 4.36. The van der Waals surface area contributed by atoms with Gasteiger partial charge in [-0.2, -0.15) is 5.10 Å². The molecule has 0 radical (unpaired) electrons. The van der Waals surface area contributed by atoms with E-state index in [1.165, 1.54) is 0 Å². The number of nitrogens with zero attached hydrogens (tertiary/aromatic N) is 3. The maximum absolute atomic E-state index is 12.8. The van der Waals surface area contributed by atoms with Crippen molar-refractivity contribution in [2.75, 3.05) is 7.05 Å². The average Bonchev–Trinajstić information content (AvgIpc) is 3.04. The monoisotopic (exact) mass is 318 g/mol. The van der Waals surface area contributed by atoms with E-state index >= 15 is 0 Å². The summed E-state index contributed by atoms with van der Waals surface area (Å²) in [4.78, 5) is 14.4. The summed E-state index contributed by atoms with van der Waals surface area (Å²) < 4.78 is 10.9. The number of aryl methyl sites for hydroxylation is 2. The Kier molecular flexibility index (Phi) is 3.97. The fourth-order valence-corrected chi connectivity index (χ4v) is 3.07. The molecule has 1 aliphatic heterocycles. The van der Waals surface area contributed by atoms with Gasteiger partial charge in [-0.05, 0) is 27.7 Å². The van der Waals surface area contributed by atoms with Crippen molar-refractivity contribution in [2.24, 2.45) is 0 Å². The number of carbonyl (C=O) groups excluding carboxylic acids is 1. The number of rotatable bonds is 3. The number of amides is 1. The highest BCUT2D eigenvalue weighted by atomic mass is 16.5. The first-order valence-electron chi connectivity index (χ1n) is 7.78. The van der Waals surface area contributed by atoms with Crippen molar-refractivity contribution < 1.29 is 14.1 Å². The summed E-state index contributed by atoms with van der Waals surface area (Å²) in [6.07, 6.45) is 0.696. The Morgan fingerprint density at radius 1 is 1.39 bits per heavy atom.